The molecule has 3 aromatic rings. The summed E-state index contributed by atoms with van der Waals surface area (Å²) in [6, 6.07) is 11.8. The van der Waals surface area contributed by atoms with Gasteiger partial charge in [-0.1, -0.05) is 0 Å². The Balaban J connectivity index is 1.89. The van der Waals surface area contributed by atoms with Gasteiger partial charge in [-0.2, -0.15) is 13.2 Å². The summed E-state index contributed by atoms with van der Waals surface area (Å²) >= 11 is 0. The fourth-order valence-electron chi connectivity index (χ4n) is 1.96. The zero-order valence-corrected chi connectivity index (χ0v) is 11.2. The van der Waals surface area contributed by atoms with Crippen LogP contribution in [0.1, 0.15) is 5.56 Å². The zero-order chi connectivity index (χ0) is 15.7. The van der Waals surface area contributed by atoms with Crippen LogP contribution >= 0.6 is 0 Å². The number of anilines is 1. The molecule has 2 N–H and O–H groups in total. The summed E-state index contributed by atoms with van der Waals surface area (Å²) < 4.78 is 39.0. The van der Waals surface area contributed by atoms with Crippen LogP contribution in [0.5, 0.6) is 0 Å². The standard InChI is InChI=1S/C15H11F3N4/c16-15(17,18)11-3-7-13(8-4-11)22-9-20-14(21-22)10-1-5-12(19)6-2-10/h1-9H,19H2. The first kappa shape index (κ1) is 14.1. The van der Waals surface area contributed by atoms with E-state index >= 15 is 0 Å². The molecule has 3 rings (SSSR count). The molecule has 0 atom stereocenters. The third-order valence-electron chi connectivity index (χ3n) is 3.12. The van der Waals surface area contributed by atoms with E-state index in [1.54, 1.807) is 24.3 Å². The second-order valence-corrected chi connectivity index (χ2v) is 4.68. The van der Waals surface area contributed by atoms with Crippen LogP contribution in [0, 0.1) is 0 Å². The highest BCUT2D eigenvalue weighted by Gasteiger charge is 2.30. The van der Waals surface area contributed by atoms with E-state index in [9.17, 15) is 13.2 Å². The average Bonchev–Trinajstić information content (AvgIpc) is 2.97. The van der Waals surface area contributed by atoms with Crippen LogP contribution in [0.2, 0.25) is 0 Å². The van der Waals surface area contributed by atoms with Gasteiger partial charge in [0.15, 0.2) is 5.82 Å². The molecule has 0 bridgehead atoms. The van der Waals surface area contributed by atoms with Gasteiger partial charge in [0.25, 0.3) is 0 Å². The number of hydrogen-bond acceptors (Lipinski definition) is 3. The molecule has 7 heteroatoms. The van der Waals surface area contributed by atoms with Crippen molar-refractivity contribution in [2.45, 2.75) is 6.18 Å². The van der Waals surface area contributed by atoms with Crippen LogP contribution in [0.25, 0.3) is 17.1 Å². The molecule has 4 nitrogen and oxygen atoms in total. The number of nitrogens with zero attached hydrogens (tertiary/aromatic N) is 3. The Kier molecular flexibility index (Phi) is 3.32. The normalized spacial score (nSPS) is 11.6. The maximum absolute atomic E-state index is 12.5. The number of hydrogen-bond donors (Lipinski definition) is 1. The number of nitrogen functional groups attached to an aromatic ring is 1. The van der Waals surface area contributed by atoms with Gasteiger partial charge in [-0.25, -0.2) is 9.67 Å². The van der Waals surface area contributed by atoms with E-state index in [1.165, 1.54) is 23.1 Å². The maximum Gasteiger partial charge on any atom is 0.416 e. The smallest absolute Gasteiger partial charge is 0.399 e. The Labute approximate surface area is 124 Å². The van der Waals surface area contributed by atoms with Gasteiger partial charge in [-0.05, 0) is 48.5 Å². The van der Waals surface area contributed by atoms with Crippen molar-refractivity contribution in [2.24, 2.45) is 0 Å². The SMILES string of the molecule is Nc1ccc(-c2ncn(-c3ccc(C(F)(F)F)cc3)n2)cc1. The van der Waals surface area contributed by atoms with Crippen molar-refractivity contribution in [3.63, 3.8) is 0 Å². The van der Waals surface area contributed by atoms with Crippen molar-refractivity contribution in [3.8, 4) is 17.1 Å². The molecule has 1 heterocycles. The molecule has 0 fully saturated rings. The first-order valence-electron chi connectivity index (χ1n) is 6.39. The molecule has 0 spiro atoms. The Bertz CT molecular complexity index is 774. The summed E-state index contributed by atoms with van der Waals surface area (Å²) in [5, 5.41) is 4.26. The van der Waals surface area contributed by atoms with Gasteiger partial charge in [0.1, 0.15) is 6.33 Å². The first-order valence-corrected chi connectivity index (χ1v) is 6.39. The van der Waals surface area contributed by atoms with Crippen LogP contribution in [0.4, 0.5) is 18.9 Å². The van der Waals surface area contributed by atoms with E-state index in [0.29, 0.717) is 17.2 Å². The molecule has 2 aromatic carbocycles. The summed E-state index contributed by atoms with van der Waals surface area (Å²) in [4.78, 5) is 4.15. The lowest BCUT2D eigenvalue weighted by molar-refractivity contribution is -0.137. The highest BCUT2D eigenvalue weighted by Crippen LogP contribution is 2.29. The Morgan fingerprint density at radius 3 is 2.14 bits per heavy atom. The van der Waals surface area contributed by atoms with Crippen molar-refractivity contribution in [3.05, 3.63) is 60.4 Å². The van der Waals surface area contributed by atoms with Crippen LogP contribution in [0.15, 0.2) is 54.9 Å². The summed E-state index contributed by atoms with van der Waals surface area (Å²) in [5.74, 6) is 0.472. The lowest BCUT2D eigenvalue weighted by Gasteiger charge is -2.07. The Morgan fingerprint density at radius 1 is 0.909 bits per heavy atom. The molecule has 0 aliphatic carbocycles. The molecular weight excluding hydrogens is 293 g/mol. The quantitative estimate of drug-likeness (QED) is 0.737. The molecule has 0 saturated heterocycles. The van der Waals surface area contributed by atoms with E-state index in [0.717, 1.165) is 17.7 Å². The highest BCUT2D eigenvalue weighted by molar-refractivity contribution is 5.58. The number of aromatic nitrogens is 3. The van der Waals surface area contributed by atoms with Crippen molar-refractivity contribution in [1.29, 1.82) is 0 Å². The third kappa shape index (κ3) is 2.78. The third-order valence-corrected chi connectivity index (χ3v) is 3.12. The molecule has 0 saturated carbocycles. The Morgan fingerprint density at radius 2 is 1.55 bits per heavy atom. The summed E-state index contributed by atoms with van der Waals surface area (Å²) in [6.07, 6.45) is -2.90. The summed E-state index contributed by atoms with van der Waals surface area (Å²) in [5.41, 5.74) is 6.82. The van der Waals surface area contributed by atoms with Crippen LogP contribution < -0.4 is 5.73 Å². The molecule has 22 heavy (non-hydrogen) atoms. The number of benzene rings is 2. The fourth-order valence-corrected chi connectivity index (χ4v) is 1.96. The zero-order valence-electron chi connectivity index (χ0n) is 11.2. The van der Waals surface area contributed by atoms with Crippen molar-refractivity contribution in [2.75, 3.05) is 5.73 Å². The first-order chi connectivity index (χ1) is 10.4. The number of nitrogens with two attached hydrogens (primary N) is 1. The Hall–Kier alpha value is -2.83. The lowest BCUT2D eigenvalue weighted by atomic mass is 10.2. The van der Waals surface area contributed by atoms with Crippen molar-refractivity contribution < 1.29 is 13.2 Å². The van der Waals surface area contributed by atoms with Crippen molar-refractivity contribution in [1.82, 2.24) is 14.8 Å². The summed E-state index contributed by atoms with van der Waals surface area (Å²) in [6.45, 7) is 0. The van der Waals surface area contributed by atoms with Gasteiger partial charge in [-0.15, -0.1) is 5.10 Å². The van der Waals surface area contributed by atoms with E-state index < -0.39 is 11.7 Å². The minimum Gasteiger partial charge on any atom is -0.399 e. The van der Waals surface area contributed by atoms with Gasteiger partial charge < -0.3 is 5.73 Å². The van der Waals surface area contributed by atoms with Crippen LogP contribution in [-0.2, 0) is 6.18 Å². The van der Waals surface area contributed by atoms with Gasteiger partial charge in [0.2, 0.25) is 0 Å². The van der Waals surface area contributed by atoms with E-state index in [1.807, 2.05) is 0 Å². The molecular formula is C15H11F3N4. The van der Waals surface area contributed by atoms with Gasteiger partial charge in [0, 0.05) is 11.3 Å². The van der Waals surface area contributed by atoms with Crippen molar-refractivity contribution >= 4 is 5.69 Å². The molecule has 112 valence electrons. The molecule has 1 aromatic heterocycles. The predicted octanol–water partition coefficient (Wildman–Crippen LogP) is 3.54. The number of rotatable bonds is 2. The minimum atomic E-state index is -4.35. The highest BCUT2D eigenvalue weighted by atomic mass is 19.4. The monoisotopic (exact) mass is 304 g/mol. The average molecular weight is 304 g/mol. The number of alkyl halides is 3. The van der Waals surface area contributed by atoms with E-state index in [4.69, 9.17) is 5.73 Å². The molecule has 0 radical (unpaired) electrons. The van der Waals surface area contributed by atoms with Gasteiger partial charge >= 0.3 is 6.18 Å². The largest absolute Gasteiger partial charge is 0.416 e. The van der Waals surface area contributed by atoms with Gasteiger partial charge in [0.05, 0.1) is 11.3 Å². The van der Waals surface area contributed by atoms with Crippen LogP contribution in [-0.4, -0.2) is 14.8 Å². The molecule has 0 amide bonds. The number of halogens is 3. The minimum absolute atomic E-state index is 0.472. The second kappa shape index (κ2) is 5.18. The lowest BCUT2D eigenvalue weighted by Crippen LogP contribution is -2.05. The molecule has 0 unspecified atom stereocenters. The van der Waals surface area contributed by atoms with E-state index in [-0.39, 0.29) is 0 Å². The van der Waals surface area contributed by atoms with Crippen LogP contribution in [0.3, 0.4) is 0 Å². The topological polar surface area (TPSA) is 56.7 Å². The molecule has 0 aliphatic heterocycles. The second-order valence-electron chi connectivity index (χ2n) is 4.68. The molecule has 0 aliphatic rings. The van der Waals surface area contributed by atoms with Gasteiger partial charge in [-0.3, -0.25) is 0 Å². The predicted molar refractivity (Wildman–Crippen MR) is 76.2 cm³/mol. The van der Waals surface area contributed by atoms with E-state index in [2.05, 4.69) is 10.1 Å². The maximum atomic E-state index is 12.5. The summed E-state index contributed by atoms with van der Waals surface area (Å²) in [7, 11) is 0. The fraction of sp³-hybridized carbons (Fsp3) is 0.0667.